The molecule has 2 aromatic carbocycles. The molecule has 0 unspecified atom stereocenters. The minimum Gasteiger partial charge on any atom is -0.490 e. The zero-order valence-corrected chi connectivity index (χ0v) is 18.7. The number of carbonyl (C=O) groups is 2. The van der Waals surface area contributed by atoms with Crippen molar-refractivity contribution in [3.63, 3.8) is 0 Å². The van der Waals surface area contributed by atoms with E-state index in [9.17, 15) is 9.59 Å². The van der Waals surface area contributed by atoms with Gasteiger partial charge in [0.2, 0.25) is 0 Å². The second-order valence-corrected chi connectivity index (χ2v) is 7.45. The van der Waals surface area contributed by atoms with Gasteiger partial charge in [-0.05, 0) is 72.3 Å². The Kier molecular flexibility index (Phi) is 6.90. The van der Waals surface area contributed by atoms with Gasteiger partial charge in [0.05, 0.1) is 21.5 Å². The molecule has 0 spiro atoms. The summed E-state index contributed by atoms with van der Waals surface area (Å²) in [6, 6.07) is 12.2. The molecule has 0 saturated heterocycles. The first-order valence-electron chi connectivity index (χ1n) is 9.20. The van der Waals surface area contributed by atoms with E-state index in [4.69, 9.17) is 15.9 Å². The van der Waals surface area contributed by atoms with Crippen molar-refractivity contribution in [3.8, 4) is 23.8 Å². The van der Waals surface area contributed by atoms with Crippen LogP contribution in [0.25, 0.3) is 6.08 Å². The van der Waals surface area contributed by atoms with Crippen LogP contribution >= 0.6 is 22.6 Å². The Morgan fingerprint density at radius 2 is 2.00 bits per heavy atom. The molecule has 0 bridgehead atoms. The third kappa shape index (κ3) is 4.54. The summed E-state index contributed by atoms with van der Waals surface area (Å²) in [5, 5.41) is 5.06. The SMILES string of the molecule is C#CCOc1c(I)cc(/C=C2/C(=O)N(C(=O)c3ccccc3)N=C2C)cc1OCC. The van der Waals surface area contributed by atoms with Gasteiger partial charge in [-0.3, -0.25) is 9.59 Å². The van der Waals surface area contributed by atoms with E-state index >= 15 is 0 Å². The van der Waals surface area contributed by atoms with Crippen molar-refractivity contribution < 1.29 is 19.1 Å². The van der Waals surface area contributed by atoms with Crippen LogP contribution in [0.4, 0.5) is 0 Å². The van der Waals surface area contributed by atoms with Gasteiger partial charge in [-0.15, -0.1) is 6.42 Å². The summed E-state index contributed by atoms with van der Waals surface area (Å²) < 4.78 is 12.1. The van der Waals surface area contributed by atoms with Crippen LogP contribution in [0.3, 0.4) is 0 Å². The molecule has 30 heavy (non-hydrogen) atoms. The predicted octanol–water partition coefficient (Wildman–Crippen LogP) is 4.14. The molecule has 0 aromatic heterocycles. The molecule has 0 N–H and O–H groups in total. The van der Waals surface area contributed by atoms with Crippen LogP contribution in [-0.2, 0) is 4.79 Å². The summed E-state index contributed by atoms with van der Waals surface area (Å²) in [6.07, 6.45) is 6.98. The third-order valence-corrected chi connectivity index (χ3v) is 5.02. The number of benzene rings is 2. The Morgan fingerprint density at radius 1 is 1.27 bits per heavy atom. The first-order chi connectivity index (χ1) is 14.5. The van der Waals surface area contributed by atoms with E-state index in [1.165, 1.54) is 0 Å². The zero-order chi connectivity index (χ0) is 21.7. The van der Waals surface area contributed by atoms with Gasteiger partial charge < -0.3 is 9.47 Å². The maximum atomic E-state index is 12.9. The van der Waals surface area contributed by atoms with E-state index in [1.807, 2.05) is 13.0 Å². The molecule has 152 valence electrons. The lowest BCUT2D eigenvalue weighted by Crippen LogP contribution is -2.29. The Hall–Kier alpha value is -3.12. The molecule has 1 aliphatic heterocycles. The van der Waals surface area contributed by atoms with Crippen molar-refractivity contribution in [3.05, 3.63) is 62.7 Å². The van der Waals surface area contributed by atoms with Gasteiger partial charge in [0.15, 0.2) is 11.5 Å². The Balaban J connectivity index is 1.93. The zero-order valence-electron chi connectivity index (χ0n) is 16.5. The van der Waals surface area contributed by atoms with Crippen molar-refractivity contribution in [2.45, 2.75) is 13.8 Å². The maximum Gasteiger partial charge on any atom is 0.283 e. The number of nitrogens with zero attached hydrogens (tertiary/aromatic N) is 2. The third-order valence-electron chi connectivity index (χ3n) is 4.22. The number of hydrazone groups is 1. The van der Waals surface area contributed by atoms with E-state index < -0.39 is 11.8 Å². The minimum absolute atomic E-state index is 0.122. The van der Waals surface area contributed by atoms with Crippen molar-refractivity contribution in [1.82, 2.24) is 5.01 Å². The number of rotatable bonds is 6. The molecule has 0 fully saturated rings. The van der Waals surface area contributed by atoms with Gasteiger partial charge in [-0.25, -0.2) is 0 Å². The monoisotopic (exact) mass is 514 g/mol. The van der Waals surface area contributed by atoms with Gasteiger partial charge >= 0.3 is 0 Å². The molecule has 1 aliphatic rings. The molecular weight excluding hydrogens is 495 g/mol. The summed E-state index contributed by atoms with van der Waals surface area (Å²) in [7, 11) is 0. The van der Waals surface area contributed by atoms with Crippen LogP contribution < -0.4 is 9.47 Å². The standard InChI is InChI=1S/C23H19IN2O4/c1-4-11-30-21-19(24)13-16(14-20(21)29-5-2)12-18-15(3)25-26(23(18)28)22(27)17-9-7-6-8-10-17/h1,6-10,12-14H,5,11H2,2-3H3/b18-12+. The number of amides is 2. The van der Waals surface area contributed by atoms with Crippen molar-refractivity contribution in [2.75, 3.05) is 13.2 Å². The molecular formula is C23H19IN2O4. The molecule has 1 heterocycles. The number of terminal acetylenes is 1. The predicted molar refractivity (Wildman–Crippen MR) is 123 cm³/mol. The van der Waals surface area contributed by atoms with Gasteiger partial charge in [-0.1, -0.05) is 24.1 Å². The number of imide groups is 1. The lowest BCUT2D eigenvalue weighted by molar-refractivity contribution is -0.123. The van der Waals surface area contributed by atoms with E-state index in [2.05, 4.69) is 33.6 Å². The average Bonchev–Trinajstić information content (AvgIpc) is 3.02. The lowest BCUT2D eigenvalue weighted by atomic mass is 10.1. The molecule has 0 aliphatic carbocycles. The Morgan fingerprint density at radius 3 is 2.67 bits per heavy atom. The van der Waals surface area contributed by atoms with E-state index in [1.54, 1.807) is 49.4 Å². The molecule has 2 aromatic rings. The van der Waals surface area contributed by atoms with Gasteiger partial charge in [0, 0.05) is 5.56 Å². The van der Waals surface area contributed by atoms with Gasteiger partial charge in [0.25, 0.3) is 11.8 Å². The largest absolute Gasteiger partial charge is 0.490 e. The van der Waals surface area contributed by atoms with Gasteiger partial charge in [-0.2, -0.15) is 10.1 Å². The van der Waals surface area contributed by atoms with E-state index in [-0.39, 0.29) is 6.61 Å². The number of halogens is 1. The smallest absolute Gasteiger partial charge is 0.283 e. The van der Waals surface area contributed by atoms with Crippen molar-refractivity contribution in [2.24, 2.45) is 5.10 Å². The molecule has 0 radical (unpaired) electrons. The normalized spacial score (nSPS) is 14.5. The van der Waals surface area contributed by atoms with E-state index in [0.29, 0.717) is 35.0 Å². The van der Waals surface area contributed by atoms with Crippen LogP contribution in [0.1, 0.15) is 29.8 Å². The van der Waals surface area contributed by atoms with Gasteiger partial charge in [0.1, 0.15) is 6.61 Å². The topological polar surface area (TPSA) is 68.2 Å². The van der Waals surface area contributed by atoms with Crippen LogP contribution in [-0.4, -0.2) is 35.7 Å². The van der Waals surface area contributed by atoms with Crippen molar-refractivity contribution in [1.29, 1.82) is 0 Å². The molecule has 3 rings (SSSR count). The highest BCUT2D eigenvalue weighted by Gasteiger charge is 2.33. The first kappa shape index (κ1) is 21.6. The minimum atomic E-state index is -0.470. The fraction of sp³-hybridized carbons (Fsp3) is 0.174. The summed E-state index contributed by atoms with van der Waals surface area (Å²) in [4.78, 5) is 25.5. The van der Waals surface area contributed by atoms with Crippen LogP contribution in [0.5, 0.6) is 11.5 Å². The average molecular weight is 514 g/mol. The summed E-state index contributed by atoms with van der Waals surface area (Å²) in [6.45, 7) is 4.13. The number of hydrogen-bond acceptors (Lipinski definition) is 5. The molecule has 0 atom stereocenters. The van der Waals surface area contributed by atoms with Crippen LogP contribution in [0, 0.1) is 15.9 Å². The van der Waals surface area contributed by atoms with E-state index in [0.717, 1.165) is 14.1 Å². The first-order valence-corrected chi connectivity index (χ1v) is 10.3. The maximum absolute atomic E-state index is 12.9. The quantitative estimate of drug-likeness (QED) is 0.252. The lowest BCUT2D eigenvalue weighted by Gasteiger charge is -2.13. The Bertz CT molecular complexity index is 1080. The second-order valence-electron chi connectivity index (χ2n) is 6.29. The second kappa shape index (κ2) is 9.59. The molecule has 0 saturated carbocycles. The number of hydrogen-bond donors (Lipinski definition) is 0. The summed E-state index contributed by atoms with van der Waals surface area (Å²) >= 11 is 2.13. The summed E-state index contributed by atoms with van der Waals surface area (Å²) in [5.74, 6) is 2.59. The fourth-order valence-electron chi connectivity index (χ4n) is 2.88. The summed E-state index contributed by atoms with van der Waals surface area (Å²) in [5.41, 5.74) is 1.93. The Labute approximate surface area is 188 Å². The van der Waals surface area contributed by atoms with Crippen molar-refractivity contribution >= 4 is 46.2 Å². The van der Waals surface area contributed by atoms with Crippen LogP contribution in [0.2, 0.25) is 0 Å². The van der Waals surface area contributed by atoms with Crippen LogP contribution in [0.15, 0.2) is 53.1 Å². The number of carbonyl (C=O) groups excluding carboxylic acids is 2. The molecule has 6 nitrogen and oxygen atoms in total. The highest BCUT2D eigenvalue weighted by molar-refractivity contribution is 14.1. The fourth-order valence-corrected chi connectivity index (χ4v) is 3.66. The highest BCUT2D eigenvalue weighted by atomic mass is 127. The highest BCUT2D eigenvalue weighted by Crippen LogP contribution is 2.35. The number of ether oxygens (including phenoxy) is 2. The molecule has 7 heteroatoms. The molecule has 2 amide bonds.